The maximum atomic E-state index is 5.68. The molecule has 1 heterocycles. The summed E-state index contributed by atoms with van der Waals surface area (Å²) >= 11 is 2.18. The molecule has 1 aromatic heterocycles. The molecule has 0 fully saturated rings. The summed E-state index contributed by atoms with van der Waals surface area (Å²) in [7, 11) is 1.95. The topological polar surface area (TPSA) is 55.0 Å². The van der Waals surface area contributed by atoms with Crippen LogP contribution in [-0.4, -0.2) is 29.1 Å². The number of aromatic nitrogens is 2. The average Bonchev–Trinajstić information content (AvgIpc) is 2.18. The van der Waals surface area contributed by atoms with Crippen LogP contribution < -0.4 is 10.6 Å². The maximum absolute atomic E-state index is 5.68. The molecule has 1 aromatic rings. The highest BCUT2D eigenvalue weighted by molar-refractivity contribution is 14.1. The fraction of sp³-hybridized carbons (Fsp3) is 0.556. The number of likely N-dealkylation sites (N-methyl/N-ethyl adjacent to an activating group) is 1. The second-order valence-electron chi connectivity index (χ2n) is 3.78. The first-order valence-electron chi connectivity index (χ1n) is 4.39. The fourth-order valence-electron chi connectivity index (χ4n) is 0.886. The first-order chi connectivity index (χ1) is 6.47. The number of hydrogen-bond acceptors (Lipinski definition) is 4. The third-order valence-electron chi connectivity index (χ3n) is 2.31. The minimum atomic E-state index is -0.118. The molecule has 0 aliphatic carbocycles. The van der Waals surface area contributed by atoms with E-state index in [1.807, 2.05) is 11.9 Å². The van der Waals surface area contributed by atoms with E-state index in [1.54, 1.807) is 12.4 Å². The van der Waals surface area contributed by atoms with Crippen LogP contribution in [0, 0.1) is 3.57 Å². The van der Waals surface area contributed by atoms with Gasteiger partial charge in [-0.25, -0.2) is 9.97 Å². The minimum absolute atomic E-state index is 0.118. The van der Waals surface area contributed by atoms with Crippen molar-refractivity contribution in [1.29, 1.82) is 0 Å². The van der Waals surface area contributed by atoms with E-state index in [4.69, 9.17) is 5.73 Å². The van der Waals surface area contributed by atoms with Crippen molar-refractivity contribution in [3.05, 3.63) is 16.0 Å². The highest BCUT2D eigenvalue weighted by atomic mass is 127. The summed E-state index contributed by atoms with van der Waals surface area (Å²) in [6, 6.07) is 0. The van der Waals surface area contributed by atoms with Crippen LogP contribution in [0.2, 0.25) is 0 Å². The molecular weight excluding hydrogens is 291 g/mol. The zero-order valence-electron chi connectivity index (χ0n) is 8.66. The van der Waals surface area contributed by atoms with Gasteiger partial charge < -0.3 is 10.6 Å². The Labute approximate surface area is 98.1 Å². The largest absolute Gasteiger partial charge is 0.337 e. The van der Waals surface area contributed by atoms with Gasteiger partial charge in [0.05, 0.1) is 0 Å². The first-order valence-corrected chi connectivity index (χ1v) is 5.46. The van der Waals surface area contributed by atoms with E-state index in [0.29, 0.717) is 12.5 Å². The van der Waals surface area contributed by atoms with Gasteiger partial charge in [0.15, 0.2) is 0 Å². The Morgan fingerprint density at radius 1 is 1.43 bits per heavy atom. The summed E-state index contributed by atoms with van der Waals surface area (Å²) < 4.78 is 1.03. The second-order valence-corrected chi connectivity index (χ2v) is 5.02. The van der Waals surface area contributed by atoms with Crippen LogP contribution in [0.15, 0.2) is 12.4 Å². The summed E-state index contributed by atoms with van der Waals surface area (Å²) in [6.07, 6.45) is 3.60. The van der Waals surface area contributed by atoms with Gasteiger partial charge in [0.2, 0.25) is 5.95 Å². The van der Waals surface area contributed by atoms with E-state index < -0.39 is 0 Å². The van der Waals surface area contributed by atoms with E-state index in [-0.39, 0.29) is 5.54 Å². The molecule has 0 amide bonds. The molecule has 0 aromatic carbocycles. The number of halogens is 1. The number of nitrogens with zero attached hydrogens (tertiary/aromatic N) is 3. The van der Waals surface area contributed by atoms with Crippen molar-refractivity contribution in [1.82, 2.24) is 9.97 Å². The van der Waals surface area contributed by atoms with Gasteiger partial charge in [-0.1, -0.05) is 0 Å². The number of rotatable bonds is 3. The van der Waals surface area contributed by atoms with Gasteiger partial charge in [0, 0.05) is 35.1 Å². The van der Waals surface area contributed by atoms with Gasteiger partial charge in [-0.15, -0.1) is 0 Å². The predicted molar refractivity (Wildman–Crippen MR) is 66.3 cm³/mol. The molecule has 0 aliphatic heterocycles. The first kappa shape index (κ1) is 11.6. The smallest absolute Gasteiger partial charge is 0.225 e. The van der Waals surface area contributed by atoms with Gasteiger partial charge in [-0.05, 0) is 36.4 Å². The van der Waals surface area contributed by atoms with Crippen LogP contribution in [0.25, 0.3) is 0 Å². The Hall–Kier alpha value is -0.430. The Morgan fingerprint density at radius 2 is 1.93 bits per heavy atom. The highest BCUT2D eigenvalue weighted by Gasteiger charge is 2.23. The lowest BCUT2D eigenvalue weighted by atomic mass is 10.1. The summed E-state index contributed by atoms with van der Waals surface area (Å²) in [4.78, 5) is 10.5. The summed E-state index contributed by atoms with van der Waals surface area (Å²) in [5.41, 5.74) is 5.56. The summed E-state index contributed by atoms with van der Waals surface area (Å²) in [6.45, 7) is 4.70. The Balaban J connectivity index is 2.89. The normalized spacial score (nSPS) is 11.5. The van der Waals surface area contributed by atoms with E-state index >= 15 is 0 Å². The highest BCUT2D eigenvalue weighted by Crippen LogP contribution is 2.16. The molecule has 0 radical (unpaired) electrons. The lowest BCUT2D eigenvalue weighted by Gasteiger charge is -2.34. The molecule has 1 rings (SSSR count). The monoisotopic (exact) mass is 306 g/mol. The standard InChI is InChI=1S/C9H15IN4/c1-9(2,6-11)14(3)8-12-4-7(10)5-13-8/h4-5H,6,11H2,1-3H3. The van der Waals surface area contributed by atoms with Crippen LogP contribution >= 0.6 is 22.6 Å². The molecule has 0 saturated carbocycles. The van der Waals surface area contributed by atoms with Crippen LogP contribution in [0.3, 0.4) is 0 Å². The Morgan fingerprint density at radius 3 is 2.36 bits per heavy atom. The fourth-order valence-corrected chi connectivity index (χ4v) is 1.16. The van der Waals surface area contributed by atoms with Crippen molar-refractivity contribution in [2.24, 2.45) is 5.73 Å². The van der Waals surface area contributed by atoms with Crippen LogP contribution in [0.1, 0.15) is 13.8 Å². The Bertz CT molecular complexity index is 296. The molecule has 2 N–H and O–H groups in total. The third-order valence-corrected chi connectivity index (χ3v) is 2.87. The van der Waals surface area contributed by atoms with E-state index in [9.17, 15) is 0 Å². The summed E-state index contributed by atoms with van der Waals surface area (Å²) in [5.74, 6) is 0.709. The lowest BCUT2D eigenvalue weighted by molar-refractivity contribution is 0.490. The van der Waals surface area contributed by atoms with E-state index in [2.05, 4.69) is 46.4 Å². The maximum Gasteiger partial charge on any atom is 0.225 e. The Kier molecular flexibility index (Phi) is 3.65. The second kappa shape index (κ2) is 4.39. The molecule has 0 saturated heterocycles. The van der Waals surface area contributed by atoms with Gasteiger partial charge in [0.1, 0.15) is 0 Å². The van der Waals surface area contributed by atoms with Gasteiger partial charge in [-0.2, -0.15) is 0 Å². The van der Waals surface area contributed by atoms with Gasteiger partial charge >= 0.3 is 0 Å². The lowest BCUT2D eigenvalue weighted by Crippen LogP contribution is -2.48. The average molecular weight is 306 g/mol. The third kappa shape index (κ3) is 2.54. The van der Waals surface area contributed by atoms with Gasteiger partial charge in [0.25, 0.3) is 0 Å². The van der Waals surface area contributed by atoms with Crippen molar-refractivity contribution >= 4 is 28.5 Å². The molecule has 4 nitrogen and oxygen atoms in total. The van der Waals surface area contributed by atoms with Crippen molar-refractivity contribution in [3.8, 4) is 0 Å². The van der Waals surface area contributed by atoms with Gasteiger partial charge in [-0.3, -0.25) is 0 Å². The zero-order chi connectivity index (χ0) is 10.8. The zero-order valence-corrected chi connectivity index (χ0v) is 10.8. The number of anilines is 1. The van der Waals surface area contributed by atoms with E-state index in [1.165, 1.54) is 0 Å². The molecular formula is C9H15IN4. The molecule has 0 aliphatic rings. The van der Waals surface area contributed by atoms with Crippen LogP contribution in [0.4, 0.5) is 5.95 Å². The SMILES string of the molecule is CN(c1ncc(I)cn1)C(C)(C)CN. The van der Waals surface area contributed by atoms with Crippen LogP contribution in [0.5, 0.6) is 0 Å². The number of hydrogen-bond donors (Lipinski definition) is 1. The number of nitrogens with two attached hydrogens (primary N) is 1. The van der Waals surface area contributed by atoms with Crippen molar-refractivity contribution in [3.63, 3.8) is 0 Å². The minimum Gasteiger partial charge on any atom is -0.337 e. The molecule has 0 spiro atoms. The van der Waals surface area contributed by atoms with E-state index in [0.717, 1.165) is 3.57 Å². The molecule has 14 heavy (non-hydrogen) atoms. The molecule has 5 heteroatoms. The molecule has 0 atom stereocenters. The van der Waals surface area contributed by atoms with Crippen LogP contribution in [-0.2, 0) is 0 Å². The summed E-state index contributed by atoms with van der Waals surface area (Å²) in [5, 5.41) is 0. The van der Waals surface area contributed by atoms with Crippen molar-refractivity contribution < 1.29 is 0 Å². The quantitative estimate of drug-likeness (QED) is 0.854. The predicted octanol–water partition coefficient (Wildman–Crippen LogP) is 1.25. The molecule has 0 bridgehead atoms. The van der Waals surface area contributed by atoms with Crippen molar-refractivity contribution in [2.45, 2.75) is 19.4 Å². The molecule has 78 valence electrons. The van der Waals surface area contributed by atoms with Crippen molar-refractivity contribution in [2.75, 3.05) is 18.5 Å². The molecule has 0 unspecified atom stereocenters.